The third-order valence-electron chi connectivity index (χ3n) is 1.33. The molecule has 1 rings (SSSR count). The Labute approximate surface area is 71.1 Å². The second kappa shape index (κ2) is 4.23. The normalized spacial score (nSPS) is 28.5. The van der Waals surface area contributed by atoms with Crippen molar-refractivity contribution in [3.05, 3.63) is 12.2 Å². The van der Waals surface area contributed by atoms with Crippen LogP contribution in [0.15, 0.2) is 12.2 Å². The van der Waals surface area contributed by atoms with Crippen molar-refractivity contribution in [2.24, 2.45) is 0 Å². The maximum atomic E-state index is 10.7. The SMILES string of the molecule is CCOC(=O)/C=C/C1OC(C)O1. The van der Waals surface area contributed by atoms with Crippen LogP contribution in [-0.4, -0.2) is 25.2 Å². The van der Waals surface area contributed by atoms with Gasteiger partial charge in [0.05, 0.1) is 6.61 Å². The summed E-state index contributed by atoms with van der Waals surface area (Å²) in [4.78, 5) is 10.7. The highest BCUT2D eigenvalue weighted by Crippen LogP contribution is 2.16. The van der Waals surface area contributed by atoms with Crippen LogP contribution in [-0.2, 0) is 19.0 Å². The first-order valence-electron chi connectivity index (χ1n) is 3.88. The van der Waals surface area contributed by atoms with Crippen LogP contribution in [0.2, 0.25) is 0 Å². The summed E-state index contributed by atoms with van der Waals surface area (Å²) in [5, 5.41) is 0. The highest BCUT2D eigenvalue weighted by molar-refractivity contribution is 5.81. The molecule has 0 aromatic carbocycles. The number of ether oxygens (including phenoxy) is 3. The zero-order valence-corrected chi connectivity index (χ0v) is 7.15. The molecule has 12 heavy (non-hydrogen) atoms. The quantitative estimate of drug-likeness (QED) is 0.467. The molecule has 0 aliphatic carbocycles. The molecule has 68 valence electrons. The predicted molar refractivity (Wildman–Crippen MR) is 41.2 cm³/mol. The van der Waals surface area contributed by atoms with E-state index in [-0.39, 0.29) is 18.5 Å². The minimum Gasteiger partial charge on any atom is -0.463 e. The summed E-state index contributed by atoms with van der Waals surface area (Å²) >= 11 is 0. The van der Waals surface area contributed by atoms with Crippen molar-refractivity contribution in [3.8, 4) is 0 Å². The Balaban J connectivity index is 2.17. The number of hydrogen-bond donors (Lipinski definition) is 0. The van der Waals surface area contributed by atoms with E-state index in [4.69, 9.17) is 9.47 Å². The van der Waals surface area contributed by atoms with Gasteiger partial charge in [0.1, 0.15) is 0 Å². The van der Waals surface area contributed by atoms with Crippen LogP contribution in [0.5, 0.6) is 0 Å². The van der Waals surface area contributed by atoms with Crippen molar-refractivity contribution in [3.63, 3.8) is 0 Å². The third-order valence-corrected chi connectivity index (χ3v) is 1.33. The van der Waals surface area contributed by atoms with Crippen LogP contribution in [0.1, 0.15) is 13.8 Å². The molecule has 4 heteroatoms. The van der Waals surface area contributed by atoms with E-state index in [0.717, 1.165) is 0 Å². The Kier molecular flexibility index (Phi) is 3.25. The standard InChI is InChI=1S/C8H12O4/c1-3-10-7(9)4-5-8-11-6(2)12-8/h4-6,8H,3H2,1-2H3/b5-4+. The predicted octanol–water partition coefficient (Wildman–Crippen LogP) is 0.825. The molecule has 0 amide bonds. The van der Waals surface area contributed by atoms with Crippen LogP contribution in [0.3, 0.4) is 0 Å². The number of carbonyl (C=O) groups excluding carboxylic acids is 1. The van der Waals surface area contributed by atoms with Crippen molar-refractivity contribution in [2.45, 2.75) is 26.4 Å². The van der Waals surface area contributed by atoms with Gasteiger partial charge >= 0.3 is 5.97 Å². The molecule has 0 aromatic heterocycles. The summed E-state index contributed by atoms with van der Waals surface area (Å²) in [7, 11) is 0. The van der Waals surface area contributed by atoms with Gasteiger partial charge in [-0.25, -0.2) is 4.79 Å². The highest BCUT2D eigenvalue weighted by atomic mass is 16.9. The van der Waals surface area contributed by atoms with Crippen LogP contribution >= 0.6 is 0 Å². The Morgan fingerprint density at radius 2 is 2.25 bits per heavy atom. The topological polar surface area (TPSA) is 44.8 Å². The Morgan fingerprint density at radius 3 is 2.75 bits per heavy atom. The van der Waals surface area contributed by atoms with Gasteiger partial charge in [-0.05, 0) is 19.9 Å². The summed E-state index contributed by atoms with van der Waals surface area (Å²) in [6, 6.07) is 0. The van der Waals surface area contributed by atoms with Crippen LogP contribution in [0, 0.1) is 0 Å². The van der Waals surface area contributed by atoms with E-state index in [1.807, 2.05) is 0 Å². The molecule has 0 spiro atoms. The number of rotatable bonds is 3. The fourth-order valence-electron chi connectivity index (χ4n) is 0.826. The maximum Gasteiger partial charge on any atom is 0.330 e. The van der Waals surface area contributed by atoms with Gasteiger partial charge in [0.15, 0.2) is 12.6 Å². The summed E-state index contributed by atoms with van der Waals surface area (Å²) in [6.45, 7) is 3.92. The molecular formula is C8H12O4. The Hall–Kier alpha value is -0.870. The molecule has 0 atom stereocenters. The van der Waals surface area contributed by atoms with Crippen molar-refractivity contribution in [1.82, 2.24) is 0 Å². The minimum absolute atomic E-state index is 0.165. The van der Waals surface area contributed by atoms with Gasteiger partial charge in [-0.3, -0.25) is 0 Å². The van der Waals surface area contributed by atoms with E-state index in [2.05, 4.69) is 4.74 Å². The molecule has 1 saturated heterocycles. The van der Waals surface area contributed by atoms with Crippen molar-refractivity contribution < 1.29 is 19.0 Å². The summed E-state index contributed by atoms with van der Waals surface area (Å²) < 4.78 is 14.8. The van der Waals surface area contributed by atoms with Gasteiger partial charge in [0.25, 0.3) is 0 Å². The molecule has 1 fully saturated rings. The van der Waals surface area contributed by atoms with E-state index in [0.29, 0.717) is 6.61 Å². The maximum absolute atomic E-state index is 10.7. The molecule has 0 bridgehead atoms. The van der Waals surface area contributed by atoms with Gasteiger partial charge in [-0.2, -0.15) is 0 Å². The van der Waals surface area contributed by atoms with Gasteiger partial charge in [0, 0.05) is 6.08 Å². The Bertz CT molecular complexity index is 181. The molecule has 1 heterocycles. The zero-order chi connectivity index (χ0) is 8.97. The zero-order valence-electron chi connectivity index (χ0n) is 7.15. The van der Waals surface area contributed by atoms with Gasteiger partial charge in [0.2, 0.25) is 0 Å². The Morgan fingerprint density at radius 1 is 1.58 bits per heavy atom. The van der Waals surface area contributed by atoms with Crippen molar-refractivity contribution >= 4 is 5.97 Å². The monoisotopic (exact) mass is 172 g/mol. The first-order chi connectivity index (χ1) is 5.72. The largest absolute Gasteiger partial charge is 0.463 e. The summed E-state index contributed by atoms with van der Waals surface area (Å²) in [6.07, 6.45) is 2.28. The van der Waals surface area contributed by atoms with Gasteiger partial charge in [-0.15, -0.1) is 0 Å². The molecule has 1 aliphatic heterocycles. The summed E-state index contributed by atoms with van der Waals surface area (Å²) in [5.41, 5.74) is 0. The van der Waals surface area contributed by atoms with E-state index < -0.39 is 0 Å². The molecule has 1 aliphatic rings. The van der Waals surface area contributed by atoms with Crippen LogP contribution < -0.4 is 0 Å². The lowest BCUT2D eigenvalue weighted by Gasteiger charge is -2.31. The average molecular weight is 172 g/mol. The molecular weight excluding hydrogens is 160 g/mol. The lowest BCUT2D eigenvalue weighted by molar-refractivity contribution is -0.354. The van der Waals surface area contributed by atoms with Gasteiger partial charge < -0.3 is 14.2 Å². The number of carbonyl (C=O) groups is 1. The summed E-state index contributed by atoms with van der Waals surface area (Å²) in [5.74, 6) is -0.371. The molecule has 0 aromatic rings. The number of hydrogen-bond acceptors (Lipinski definition) is 4. The molecule has 0 N–H and O–H groups in total. The second-order valence-electron chi connectivity index (χ2n) is 2.32. The first-order valence-corrected chi connectivity index (χ1v) is 3.88. The third kappa shape index (κ3) is 2.64. The smallest absolute Gasteiger partial charge is 0.330 e. The first kappa shape index (κ1) is 9.22. The minimum atomic E-state index is -0.385. The molecule has 0 saturated carbocycles. The second-order valence-corrected chi connectivity index (χ2v) is 2.32. The van der Waals surface area contributed by atoms with E-state index >= 15 is 0 Å². The fourth-order valence-corrected chi connectivity index (χ4v) is 0.826. The van der Waals surface area contributed by atoms with E-state index in [1.54, 1.807) is 13.8 Å². The van der Waals surface area contributed by atoms with E-state index in [1.165, 1.54) is 12.2 Å². The lowest BCUT2D eigenvalue weighted by atomic mass is 10.4. The van der Waals surface area contributed by atoms with Crippen molar-refractivity contribution in [2.75, 3.05) is 6.61 Å². The van der Waals surface area contributed by atoms with E-state index in [9.17, 15) is 4.79 Å². The molecule has 4 nitrogen and oxygen atoms in total. The molecule has 0 unspecified atom stereocenters. The van der Waals surface area contributed by atoms with Crippen molar-refractivity contribution in [1.29, 1.82) is 0 Å². The van der Waals surface area contributed by atoms with Crippen LogP contribution in [0.25, 0.3) is 0 Å². The van der Waals surface area contributed by atoms with Crippen LogP contribution in [0.4, 0.5) is 0 Å². The fraction of sp³-hybridized carbons (Fsp3) is 0.625. The highest BCUT2D eigenvalue weighted by Gasteiger charge is 2.23. The molecule has 0 radical (unpaired) electrons. The lowest BCUT2D eigenvalue weighted by Crippen LogP contribution is -2.37. The number of esters is 1. The van der Waals surface area contributed by atoms with Gasteiger partial charge in [-0.1, -0.05) is 0 Å². The average Bonchev–Trinajstić information content (AvgIpc) is 1.96.